The van der Waals surface area contributed by atoms with Crippen molar-refractivity contribution in [1.29, 1.82) is 0 Å². The lowest BCUT2D eigenvalue weighted by Gasteiger charge is -2.33. The van der Waals surface area contributed by atoms with Gasteiger partial charge in [0.15, 0.2) is 0 Å². The molecule has 2 unspecified atom stereocenters. The van der Waals surface area contributed by atoms with Gasteiger partial charge in [0.2, 0.25) is 5.91 Å². The Bertz CT molecular complexity index is 602. The Hall–Kier alpha value is -2.08. The number of benzene rings is 1. The first kappa shape index (κ1) is 16.8. The van der Waals surface area contributed by atoms with Gasteiger partial charge in [-0.1, -0.05) is 0 Å². The summed E-state index contributed by atoms with van der Waals surface area (Å²) in [5.41, 5.74) is 12.9. The molecule has 130 valence electrons. The van der Waals surface area contributed by atoms with Crippen molar-refractivity contribution in [1.82, 2.24) is 4.90 Å². The van der Waals surface area contributed by atoms with Gasteiger partial charge >= 0.3 is 0 Å². The summed E-state index contributed by atoms with van der Waals surface area (Å²) in [5, 5.41) is 0. The quantitative estimate of drug-likeness (QED) is 0.854. The first-order valence-electron chi connectivity index (χ1n) is 8.72. The summed E-state index contributed by atoms with van der Waals surface area (Å²) in [6.45, 7) is 3.76. The average molecular weight is 330 g/mol. The lowest BCUT2D eigenvalue weighted by atomic mass is 9.97. The first-order chi connectivity index (χ1) is 11.6. The lowest BCUT2D eigenvalue weighted by Crippen LogP contribution is -2.41. The number of piperidine rings is 1. The highest BCUT2D eigenvalue weighted by molar-refractivity contribution is 5.94. The minimum absolute atomic E-state index is 0.0751. The van der Waals surface area contributed by atoms with Crippen LogP contribution in [0.15, 0.2) is 24.3 Å². The van der Waals surface area contributed by atoms with Gasteiger partial charge in [-0.3, -0.25) is 9.59 Å². The molecule has 2 amide bonds. The SMILES string of the molecule is NCC1CCN(C(=O)c2ccc(N3CCCC(C(N)=O)C3)cc2)C1. The highest BCUT2D eigenvalue weighted by Gasteiger charge is 2.27. The highest BCUT2D eigenvalue weighted by atomic mass is 16.2. The number of nitrogens with two attached hydrogens (primary N) is 2. The van der Waals surface area contributed by atoms with E-state index in [1.807, 2.05) is 29.2 Å². The molecule has 2 fully saturated rings. The molecule has 1 aromatic carbocycles. The smallest absolute Gasteiger partial charge is 0.253 e. The Morgan fingerprint density at radius 3 is 2.46 bits per heavy atom. The van der Waals surface area contributed by atoms with Crippen LogP contribution in [-0.4, -0.2) is 49.4 Å². The third kappa shape index (κ3) is 3.53. The number of amides is 2. The van der Waals surface area contributed by atoms with Gasteiger partial charge in [-0.2, -0.15) is 0 Å². The van der Waals surface area contributed by atoms with Gasteiger partial charge in [0.25, 0.3) is 5.91 Å². The number of primary amides is 1. The molecule has 3 rings (SSSR count). The number of hydrogen-bond acceptors (Lipinski definition) is 4. The lowest BCUT2D eigenvalue weighted by molar-refractivity contribution is -0.122. The Balaban J connectivity index is 1.65. The zero-order valence-electron chi connectivity index (χ0n) is 14.0. The minimum Gasteiger partial charge on any atom is -0.371 e. The highest BCUT2D eigenvalue weighted by Crippen LogP contribution is 2.24. The Kier molecular flexibility index (Phi) is 5.04. The maximum Gasteiger partial charge on any atom is 0.253 e. The summed E-state index contributed by atoms with van der Waals surface area (Å²) in [6.07, 6.45) is 2.81. The molecule has 2 atom stereocenters. The maximum absolute atomic E-state index is 12.5. The molecule has 4 N–H and O–H groups in total. The van der Waals surface area contributed by atoms with Crippen molar-refractivity contribution in [3.05, 3.63) is 29.8 Å². The van der Waals surface area contributed by atoms with Crippen LogP contribution in [0.5, 0.6) is 0 Å². The number of nitrogens with zero attached hydrogens (tertiary/aromatic N) is 2. The zero-order valence-corrected chi connectivity index (χ0v) is 14.0. The molecule has 24 heavy (non-hydrogen) atoms. The van der Waals surface area contributed by atoms with Gasteiger partial charge in [-0.25, -0.2) is 0 Å². The fourth-order valence-corrected chi connectivity index (χ4v) is 3.65. The van der Waals surface area contributed by atoms with Crippen LogP contribution in [0.4, 0.5) is 5.69 Å². The molecule has 2 saturated heterocycles. The Labute approximate surface area is 142 Å². The average Bonchev–Trinajstić information content (AvgIpc) is 3.10. The van der Waals surface area contributed by atoms with Gasteiger partial charge in [0, 0.05) is 37.4 Å². The first-order valence-corrected chi connectivity index (χ1v) is 8.72. The van der Waals surface area contributed by atoms with Gasteiger partial charge in [0.1, 0.15) is 0 Å². The predicted molar refractivity (Wildman–Crippen MR) is 93.6 cm³/mol. The molecule has 0 aromatic heterocycles. The van der Waals surface area contributed by atoms with Crippen molar-refractivity contribution in [2.24, 2.45) is 23.3 Å². The fourth-order valence-electron chi connectivity index (χ4n) is 3.65. The van der Waals surface area contributed by atoms with Crippen molar-refractivity contribution < 1.29 is 9.59 Å². The number of carbonyl (C=O) groups excluding carboxylic acids is 2. The summed E-state index contributed by atoms with van der Waals surface area (Å²) in [7, 11) is 0. The normalized spacial score (nSPS) is 24.2. The van der Waals surface area contributed by atoms with Crippen molar-refractivity contribution in [2.75, 3.05) is 37.6 Å². The maximum atomic E-state index is 12.5. The van der Waals surface area contributed by atoms with Gasteiger partial charge in [-0.05, 0) is 56.0 Å². The van der Waals surface area contributed by atoms with Crippen molar-refractivity contribution in [3.8, 4) is 0 Å². The summed E-state index contributed by atoms with van der Waals surface area (Å²) < 4.78 is 0. The monoisotopic (exact) mass is 330 g/mol. The fraction of sp³-hybridized carbons (Fsp3) is 0.556. The van der Waals surface area contributed by atoms with E-state index < -0.39 is 0 Å². The molecular formula is C18H26N4O2. The summed E-state index contributed by atoms with van der Waals surface area (Å²) in [4.78, 5) is 28.0. The Morgan fingerprint density at radius 1 is 1.08 bits per heavy atom. The number of likely N-dealkylation sites (tertiary alicyclic amines) is 1. The van der Waals surface area contributed by atoms with E-state index in [0.717, 1.165) is 44.6 Å². The van der Waals surface area contributed by atoms with Crippen LogP contribution in [0.1, 0.15) is 29.6 Å². The van der Waals surface area contributed by atoms with Crippen molar-refractivity contribution in [3.63, 3.8) is 0 Å². The molecule has 0 aliphatic carbocycles. The van der Waals surface area contributed by atoms with Crippen LogP contribution in [-0.2, 0) is 4.79 Å². The molecule has 2 heterocycles. The molecule has 1 aromatic rings. The molecule has 6 nitrogen and oxygen atoms in total. The van der Waals surface area contributed by atoms with Crippen LogP contribution < -0.4 is 16.4 Å². The summed E-state index contributed by atoms with van der Waals surface area (Å²) >= 11 is 0. The van der Waals surface area contributed by atoms with E-state index in [1.54, 1.807) is 0 Å². The van der Waals surface area contributed by atoms with E-state index in [2.05, 4.69) is 4.90 Å². The minimum atomic E-state index is -0.227. The standard InChI is InChI=1S/C18H26N4O2/c19-10-13-7-9-22(11-13)18(24)14-3-5-16(6-4-14)21-8-1-2-15(12-21)17(20)23/h3-6,13,15H,1-2,7-12,19H2,(H2,20,23). The molecular weight excluding hydrogens is 304 g/mol. The summed E-state index contributed by atoms with van der Waals surface area (Å²) in [6, 6.07) is 7.68. The van der Waals surface area contributed by atoms with Gasteiger partial charge in [-0.15, -0.1) is 0 Å². The second-order valence-corrected chi connectivity index (χ2v) is 6.88. The molecule has 0 radical (unpaired) electrons. The van der Waals surface area contributed by atoms with Crippen LogP contribution >= 0.6 is 0 Å². The molecule has 2 aliphatic heterocycles. The van der Waals surface area contributed by atoms with E-state index in [4.69, 9.17) is 11.5 Å². The van der Waals surface area contributed by atoms with Gasteiger partial charge in [0.05, 0.1) is 5.92 Å². The Morgan fingerprint density at radius 2 is 1.83 bits per heavy atom. The van der Waals surface area contributed by atoms with E-state index in [1.165, 1.54) is 0 Å². The number of rotatable bonds is 4. The van der Waals surface area contributed by atoms with Crippen molar-refractivity contribution >= 4 is 17.5 Å². The molecule has 0 saturated carbocycles. The van der Waals surface area contributed by atoms with Crippen molar-refractivity contribution in [2.45, 2.75) is 19.3 Å². The molecule has 6 heteroatoms. The van der Waals surface area contributed by atoms with E-state index in [-0.39, 0.29) is 17.7 Å². The molecule has 0 bridgehead atoms. The van der Waals surface area contributed by atoms with Crippen LogP contribution in [0.2, 0.25) is 0 Å². The third-order valence-corrected chi connectivity index (χ3v) is 5.21. The predicted octanol–water partition coefficient (Wildman–Crippen LogP) is 0.809. The van der Waals surface area contributed by atoms with E-state index >= 15 is 0 Å². The number of hydrogen-bond donors (Lipinski definition) is 2. The summed E-state index contributed by atoms with van der Waals surface area (Å²) in [5.74, 6) is 0.186. The van der Waals surface area contributed by atoms with Gasteiger partial charge < -0.3 is 21.3 Å². The number of carbonyl (C=O) groups is 2. The zero-order chi connectivity index (χ0) is 17.1. The van der Waals surface area contributed by atoms with Crippen LogP contribution in [0.25, 0.3) is 0 Å². The van der Waals surface area contributed by atoms with E-state index in [0.29, 0.717) is 24.6 Å². The van der Waals surface area contributed by atoms with Crippen LogP contribution in [0.3, 0.4) is 0 Å². The second kappa shape index (κ2) is 7.21. The molecule has 0 spiro atoms. The van der Waals surface area contributed by atoms with Crippen LogP contribution in [0, 0.1) is 11.8 Å². The topological polar surface area (TPSA) is 92.7 Å². The second-order valence-electron chi connectivity index (χ2n) is 6.88. The molecule has 2 aliphatic rings. The largest absolute Gasteiger partial charge is 0.371 e. The van der Waals surface area contributed by atoms with E-state index in [9.17, 15) is 9.59 Å². The number of anilines is 1. The third-order valence-electron chi connectivity index (χ3n) is 5.21.